The minimum Gasteiger partial charge on any atom is -0.384 e. The summed E-state index contributed by atoms with van der Waals surface area (Å²) in [4.78, 5) is 0. The molecule has 2 fully saturated rings. The number of methoxy groups -OCH3 is 1. The van der Waals surface area contributed by atoms with E-state index in [0.29, 0.717) is 5.41 Å². The first-order valence-electron chi connectivity index (χ1n) is 9.90. The largest absolute Gasteiger partial charge is 0.384 e. The van der Waals surface area contributed by atoms with Gasteiger partial charge in [-0.1, -0.05) is 51.9 Å². The molecule has 0 bridgehead atoms. The number of ether oxygens (including phenoxy) is 2. The van der Waals surface area contributed by atoms with Gasteiger partial charge in [-0.3, -0.25) is 0 Å². The van der Waals surface area contributed by atoms with Crippen molar-refractivity contribution in [3.63, 3.8) is 0 Å². The number of hydrogen-bond acceptors (Lipinski definition) is 2. The van der Waals surface area contributed by atoms with Gasteiger partial charge in [0.15, 0.2) is 0 Å². The van der Waals surface area contributed by atoms with E-state index in [9.17, 15) is 0 Å². The summed E-state index contributed by atoms with van der Waals surface area (Å²) in [7, 11) is 1.90. The first-order chi connectivity index (χ1) is 10.8. The summed E-state index contributed by atoms with van der Waals surface area (Å²) in [5.41, 5.74) is 0.295. The molecule has 2 aliphatic rings. The predicted octanol–water partition coefficient (Wildman–Crippen LogP) is 5.60. The lowest BCUT2D eigenvalue weighted by molar-refractivity contribution is -0.0984. The van der Waals surface area contributed by atoms with E-state index in [1.807, 2.05) is 7.11 Å². The summed E-state index contributed by atoms with van der Waals surface area (Å²) in [6.07, 6.45) is 16.5. The van der Waals surface area contributed by atoms with Crippen LogP contribution in [-0.2, 0) is 9.47 Å². The van der Waals surface area contributed by atoms with Gasteiger partial charge in [0.25, 0.3) is 0 Å². The summed E-state index contributed by atoms with van der Waals surface area (Å²) in [5, 5.41) is 0. The zero-order valence-corrected chi connectivity index (χ0v) is 15.1. The highest BCUT2D eigenvalue weighted by Crippen LogP contribution is 2.49. The fourth-order valence-corrected chi connectivity index (χ4v) is 4.98. The standard InChI is InChI=1S/C20H38O2/c1-3-4-15-22-17-20(16-21-2,18-11-7-5-8-12-18)19-13-9-6-10-14-19/h18-19H,3-17H2,1-2H3. The van der Waals surface area contributed by atoms with Crippen LogP contribution in [0.25, 0.3) is 0 Å². The molecule has 0 heterocycles. The van der Waals surface area contributed by atoms with Crippen molar-refractivity contribution < 1.29 is 9.47 Å². The summed E-state index contributed by atoms with van der Waals surface area (Å²) in [6, 6.07) is 0. The van der Waals surface area contributed by atoms with Gasteiger partial charge in [-0.15, -0.1) is 0 Å². The molecule has 0 aliphatic heterocycles. The molecule has 2 rings (SSSR count). The molecule has 2 heteroatoms. The molecule has 130 valence electrons. The molecule has 0 aromatic rings. The van der Waals surface area contributed by atoms with Gasteiger partial charge >= 0.3 is 0 Å². The van der Waals surface area contributed by atoms with Crippen LogP contribution in [0.15, 0.2) is 0 Å². The van der Waals surface area contributed by atoms with Crippen LogP contribution in [0, 0.1) is 17.3 Å². The van der Waals surface area contributed by atoms with Crippen LogP contribution in [0.2, 0.25) is 0 Å². The molecular weight excluding hydrogens is 272 g/mol. The Morgan fingerprint density at radius 1 is 0.818 bits per heavy atom. The lowest BCUT2D eigenvalue weighted by atomic mass is 9.59. The Morgan fingerprint density at radius 3 is 1.82 bits per heavy atom. The van der Waals surface area contributed by atoms with E-state index in [4.69, 9.17) is 9.47 Å². The van der Waals surface area contributed by atoms with Gasteiger partial charge in [-0.2, -0.15) is 0 Å². The van der Waals surface area contributed by atoms with Crippen molar-refractivity contribution in [1.29, 1.82) is 0 Å². The van der Waals surface area contributed by atoms with Crippen LogP contribution in [0.5, 0.6) is 0 Å². The summed E-state index contributed by atoms with van der Waals surface area (Å²) in [5.74, 6) is 1.65. The molecule has 0 amide bonds. The highest BCUT2D eigenvalue weighted by atomic mass is 16.5. The Hall–Kier alpha value is -0.0800. The Morgan fingerprint density at radius 2 is 1.36 bits per heavy atom. The second kappa shape index (κ2) is 9.93. The number of rotatable bonds is 9. The summed E-state index contributed by atoms with van der Waals surface area (Å²) < 4.78 is 12.0. The maximum Gasteiger partial charge on any atom is 0.0549 e. The highest BCUT2D eigenvalue weighted by Gasteiger charge is 2.45. The minimum atomic E-state index is 0.295. The van der Waals surface area contributed by atoms with E-state index < -0.39 is 0 Å². The summed E-state index contributed by atoms with van der Waals surface area (Å²) >= 11 is 0. The third-order valence-electron chi connectivity index (χ3n) is 6.26. The van der Waals surface area contributed by atoms with Gasteiger partial charge in [0, 0.05) is 19.1 Å². The molecule has 0 radical (unpaired) electrons. The summed E-state index contributed by atoms with van der Waals surface area (Å²) in [6.45, 7) is 5.03. The molecule has 0 atom stereocenters. The van der Waals surface area contributed by atoms with Crippen LogP contribution in [0.1, 0.15) is 84.0 Å². The maximum absolute atomic E-state index is 6.22. The van der Waals surface area contributed by atoms with E-state index in [2.05, 4.69) is 6.92 Å². The van der Waals surface area contributed by atoms with E-state index in [1.54, 1.807) is 0 Å². The molecule has 0 aromatic heterocycles. The smallest absolute Gasteiger partial charge is 0.0549 e. The fraction of sp³-hybridized carbons (Fsp3) is 1.00. The first-order valence-corrected chi connectivity index (χ1v) is 9.90. The van der Waals surface area contributed by atoms with E-state index in [1.165, 1.54) is 77.0 Å². The van der Waals surface area contributed by atoms with Crippen molar-refractivity contribution in [3.8, 4) is 0 Å². The van der Waals surface area contributed by atoms with Crippen molar-refractivity contribution >= 4 is 0 Å². The monoisotopic (exact) mass is 310 g/mol. The molecule has 22 heavy (non-hydrogen) atoms. The Bertz CT molecular complexity index is 259. The Labute approximate surface area is 138 Å². The molecule has 2 aliphatic carbocycles. The van der Waals surface area contributed by atoms with Gasteiger partial charge in [0.1, 0.15) is 0 Å². The van der Waals surface area contributed by atoms with Gasteiger partial charge in [-0.05, 0) is 43.9 Å². The van der Waals surface area contributed by atoms with Gasteiger partial charge in [0.2, 0.25) is 0 Å². The van der Waals surface area contributed by atoms with Crippen molar-refractivity contribution in [2.45, 2.75) is 84.0 Å². The molecule has 0 unspecified atom stereocenters. The zero-order chi connectivity index (χ0) is 15.7. The van der Waals surface area contributed by atoms with E-state index in [0.717, 1.165) is 31.7 Å². The molecule has 0 aromatic carbocycles. The normalized spacial score (nSPS) is 22.1. The topological polar surface area (TPSA) is 18.5 Å². The molecule has 2 nitrogen and oxygen atoms in total. The predicted molar refractivity (Wildman–Crippen MR) is 93.2 cm³/mol. The SMILES string of the molecule is CCCCOCC(COC)(C1CCCCC1)C1CCCCC1. The van der Waals surface area contributed by atoms with E-state index in [-0.39, 0.29) is 0 Å². The van der Waals surface area contributed by atoms with Crippen molar-refractivity contribution in [2.75, 3.05) is 26.9 Å². The maximum atomic E-state index is 6.22. The average Bonchev–Trinajstić information content (AvgIpc) is 2.59. The van der Waals surface area contributed by atoms with Crippen LogP contribution < -0.4 is 0 Å². The van der Waals surface area contributed by atoms with Gasteiger partial charge in [-0.25, -0.2) is 0 Å². The van der Waals surface area contributed by atoms with Gasteiger partial charge in [0.05, 0.1) is 13.2 Å². The third kappa shape index (κ3) is 4.71. The van der Waals surface area contributed by atoms with E-state index >= 15 is 0 Å². The van der Waals surface area contributed by atoms with Crippen LogP contribution >= 0.6 is 0 Å². The lowest BCUT2D eigenvalue weighted by Gasteiger charge is -2.48. The zero-order valence-electron chi connectivity index (χ0n) is 15.1. The van der Waals surface area contributed by atoms with Crippen molar-refractivity contribution in [1.82, 2.24) is 0 Å². The van der Waals surface area contributed by atoms with Crippen molar-refractivity contribution in [3.05, 3.63) is 0 Å². The van der Waals surface area contributed by atoms with Crippen molar-refractivity contribution in [2.24, 2.45) is 17.3 Å². The quantitative estimate of drug-likeness (QED) is 0.516. The average molecular weight is 311 g/mol. The minimum absolute atomic E-state index is 0.295. The number of hydrogen-bond donors (Lipinski definition) is 0. The first kappa shape index (κ1) is 18.3. The second-order valence-corrected chi connectivity index (χ2v) is 7.74. The van der Waals surface area contributed by atoms with Crippen LogP contribution in [-0.4, -0.2) is 26.9 Å². The van der Waals surface area contributed by atoms with Crippen LogP contribution in [0.4, 0.5) is 0 Å². The molecule has 0 spiro atoms. The number of unbranched alkanes of at least 4 members (excludes halogenated alkanes) is 1. The highest BCUT2D eigenvalue weighted by molar-refractivity contribution is 4.94. The Kier molecular flexibility index (Phi) is 8.24. The molecule has 0 N–H and O–H groups in total. The fourth-order valence-electron chi connectivity index (χ4n) is 4.98. The third-order valence-corrected chi connectivity index (χ3v) is 6.26. The van der Waals surface area contributed by atoms with Crippen LogP contribution in [0.3, 0.4) is 0 Å². The molecular formula is C20H38O2. The van der Waals surface area contributed by atoms with Gasteiger partial charge < -0.3 is 9.47 Å². The molecule has 2 saturated carbocycles. The molecule has 0 saturated heterocycles. The second-order valence-electron chi connectivity index (χ2n) is 7.74. The lowest BCUT2D eigenvalue weighted by Crippen LogP contribution is -2.47. The Balaban J connectivity index is 2.09.